The molecule has 2 heterocycles. The van der Waals surface area contributed by atoms with Gasteiger partial charge in [0.15, 0.2) is 0 Å². The molecule has 1 aliphatic rings. The molecule has 2 rings (SSSR count). The summed E-state index contributed by atoms with van der Waals surface area (Å²) in [4.78, 5) is 16.8. The van der Waals surface area contributed by atoms with Gasteiger partial charge >= 0.3 is 0 Å². The smallest absolute Gasteiger partial charge is 0.291 e. The number of amidine groups is 1. The quantitative estimate of drug-likeness (QED) is 0.679. The molecular formula is C13H18N2O3S. The number of nitrogens with zero attached hydrogens (tertiary/aromatic N) is 1. The van der Waals surface area contributed by atoms with Gasteiger partial charge in [-0.1, -0.05) is 6.07 Å². The van der Waals surface area contributed by atoms with E-state index in [1.54, 1.807) is 6.07 Å². The monoisotopic (exact) mass is 282 g/mol. The van der Waals surface area contributed by atoms with Gasteiger partial charge in [-0.15, -0.1) is 11.3 Å². The Balaban J connectivity index is 1.91. The van der Waals surface area contributed by atoms with Gasteiger partial charge in [-0.3, -0.25) is 10.1 Å². The topological polar surface area (TPSA) is 59.9 Å². The first kappa shape index (κ1) is 14.0. The van der Waals surface area contributed by atoms with Crippen molar-refractivity contribution in [3.8, 4) is 0 Å². The van der Waals surface area contributed by atoms with Crippen LogP contribution in [0.25, 0.3) is 0 Å². The average Bonchev–Trinajstić information content (AvgIpc) is 3.09. The van der Waals surface area contributed by atoms with Crippen molar-refractivity contribution < 1.29 is 14.3 Å². The Bertz CT molecular complexity index is 425. The van der Waals surface area contributed by atoms with E-state index in [0.717, 1.165) is 19.4 Å². The minimum atomic E-state index is -0.186. The molecule has 0 aromatic carbocycles. The Morgan fingerprint density at radius 3 is 3.21 bits per heavy atom. The van der Waals surface area contributed by atoms with E-state index in [4.69, 9.17) is 9.47 Å². The highest BCUT2D eigenvalue weighted by molar-refractivity contribution is 7.12. The molecule has 0 radical (unpaired) electrons. The number of hydrogen-bond acceptors (Lipinski definition) is 5. The van der Waals surface area contributed by atoms with E-state index < -0.39 is 0 Å². The second kappa shape index (κ2) is 7.25. The summed E-state index contributed by atoms with van der Waals surface area (Å²) in [7, 11) is 0. The van der Waals surface area contributed by atoms with E-state index >= 15 is 0 Å². The summed E-state index contributed by atoms with van der Waals surface area (Å²) in [6.07, 6.45) is 2.24. The summed E-state index contributed by atoms with van der Waals surface area (Å²) >= 11 is 1.39. The second-order valence-corrected chi connectivity index (χ2v) is 5.09. The molecule has 1 amide bonds. The molecule has 19 heavy (non-hydrogen) atoms. The minimum Gasteiger partial charge on any atom is -0.465 e. The van der Waals surface area contributed by atoms with Gasteiger partial charge in [0.05, 0.1) is 24.1 Å². The Morgan fingerprint density at radius 1 is 1.68 bits per heavy atom. The molecule has 1 aromatic heterocycles. The summed E-state index contributed by atoms with van der Waals surface area (Å²) in [6.45, 7) is 3.65. The van der Waals surface area contributed by atoms with Gasteiger partial charge in [0, 0.05) is 6.61 Å². The molecule has 1 fully saturated rings. The first-order valence-corrected chi connectivity index (χ1v) is 7.31. The number of rotatable bonds is 4. The van der Waals surface area contributed by atoms with E-state index in [9.17, 15) is 4.79 Å². The number of thiophene rings is 1. The maximum Gasteiger partial charge on any atom is 0.291 e. The molecular weight excluding hydrogens is 264 g/mol. The van der Waals surface area contributed by atoms with Crippen LogP contribution in [-0.4, -0.2) is 37.8 Å². The standard InChI is InChI=1S/C13H18N2O3S/c1-2-17-13(14-9-10-5-3-7-18-10)15-12(16)11-6-4-8-19-11/h4,6,8,10H,2-3,5,7,9H2,1H3,(H,14,15,16)/t10-/m0/s1. The summed E-state index contributed by atoms with van der Waals surface area (Å²) in [5.74, 6) is -0.186. The highest BCUT2D eigenvalue weighted by atomic mass is 32.1. The fraction of sp³-hybridized carbons (Fsp3) is 0.538. The molecule has 0 bridgehead atoms. The van der Waals surface area contributed by atoms with E-state index in [1.165, 1.54) is 11.3 Å². The lowest BCUT2D eigenvalue weighted by molar-refractivity contribution is 0.0967. The molecule has 0 saturated carbocycles. The van der Waals surface area contributed by atoms with E-state index in [-0.39, 0.29) is 18.0 Å². The van der Waals surface area contributed by atoms with Crippen LogP contribution >= 0.6 is 11.3 Å². The van der Waals surface area contributed by atoms with Crippen molar-refractivity contribution in [3.63, 3.8) is 0 Å². The molecule has 1 N–H and O–H groups in total. The molecule has 1 saturated heterocycles. The maximum absolute atomic E-state index is 11.9. The van der Waals surface area contributed by atoms with Crippen LogP contribution in [0.15, 0.2) is 22.5 Å². The van der Waals surface area contributed by atoms with Crippen LogP contribution in [0.5, 0.6) is 0 Å². The van der Waals surface area contributed by atoms with Crippen molar-refractivity contribution in [2.75, 3.05) is 19.8 Å². The van der Waals surface area contributed by atoms with Crippen molar-refractivity contribution in [1.82, 2.24) is 5.32 Å². The SMILES string of the molecule is CCOC(=NC[C@@H]1CCCO1)NC(=O)c1cccs1. The fourth-order valence-corrected chi connectivity index (χ4v) is 2.42. The number of ether oxygens (including phenoxy) is 2. The lowest BCUT2D eigenvalue weighted by Crippen LogP contribution is -2.33. The molecule has 0 unspecified atom stereocenters. The minimum absolute atomic E-state index is 0.147. The predicted molar refractivity (Wildman–Crippen MR) is 74.7 cm³/mol. The number of carbonyl (C=O) groups excluding carboxylic acids is 1. The zero-order valence-corrected chi connectivity index (χ0v) is 11.7. The van der Waals surface area contributed by atoms with Crippen molar-refractivity contribution in [2.24, 2.45) is 4.99 Å². The number of nitrogens with one attached hydrogen (secondary N) is 1. The molecule has 6 heteroatoms. The van der Waals surface area contributed by atoms with Gasteiger partial charge in [-0.05, 0) is 31.2 Å². The van der Waals surface area contributed by atoms with Gasteiger partial charge in [0.1, 0.15) is 0 Å². The Labute approximate surface area is 116 Å². The lowest BCUT2D eigenvalue weighted by atomic mass is 10.2. The highest BCUT2D eigenvalue weighted by Gasteiger charge is 2.16. The van der Waals surface area contributed by atoms with E-state index in [2.05, 4.69) is 10.3 Å². The Morgan fingerprint density at radius 2 is 2.58 bits per heavy atom. The van der Waals surface area contributed by atoms with Crippen molar-refractivity contribution >= 4 is 23.3 Å². The zero-order chi connectivity index (χ0) is 13.5. The van der Waals surface area contributed by atoms with Crippen LogP contribution in [0.3, 0.4) is 0 Å². The Hall–Kier alpha value is -1.40. The molecule has 0 spiro atoms. The van der Waals surface area contributed by atoms with Crippen LogP contribution in [-0.2, 0) is 9.47 Å². The Kier molecular flexibility index (Phi) is 5.35. The molecule has 5 nitrogen and oxygen atoms in total. The summed E-state index contributed by atoms with van der Waals surface area (Å²) < 4.78 is 10.8. The summed E-state index contributed by atoms with van der Waals surface area (Å²) in [5, 5.41) is 4.55. The largest absolute Gasteiger partial charge is 0.465 e. The lowest BCUT2D eigenvalue weighted by Gasteiger charge is -2.10. The molecule has 0 aliphatic carbocycles. The summed E-state index contributed by atoms with van der Waals surface area (Å²) in [5.41, 5.74) is 0. The number of hydrogen-bond donors (Lipinski definition) is 1. The molecule has 1 atom stereocenters. The number of carbonyl (C=O) groups is 1. The maximum atomic E-state index is 11.9. The molecule has 104 valence electrons. The zero-order valence-electron chi connectivity index (χ0n) is 10.9. The van der Waals surface area contributed by atoms with E-state index in [0.29, 0.717) is 18.0 Å². The third-order valence-corrected chi connectivity index (χ3v) is 3.58. The first-order chi connectivity index (χ1) is 9.29. The van der Waals surface area contributed by atoms with Crippen LogP contribution in [0.1, 0.15) is 29.4 Å². The van der Waals surface area contributed by atoms with Gasteiger partial charge in [0.2, 0.25) is 0 Å². The van der Waals surface area contributed by atoms with Crippen LogP contribution in [0.2, 0.25) is 0 Å². The second-order valence-electron chi connectivity index (χ2n) is 4.15. The predicted octanol–water partition coefficient (Wildman–Crippen LogP) is 2.05. The number of aliphatic imine (C=N–C) groups is 1. The average molecular weight is 282 g/mol. The third-order valence-electron chi connectivity index (χ3n) is 2.71. The first-order valence-electron chi connectivity index (χ1n) is 6.43. The summed E-state index contributed by atoms with van der Waals surface area (Å²) in [6, 6.07) is 3.88. The van der Waals surface area contributed by atoms with Crippen LogP contribution in [0, 0.1) is 0 Å². The van der Waals surface area contributed by atoms with E-state index in [1.807, 2.05) is 18.4 Å². The van der Waals surface area contributed by atoms with Crippen molar-refractivity contribution in [1.29, 1.82) is 0 Å². The fourth-order valence-electron chi connectivity index (χ4n) is 1.80. The van der Waals surface area contributed by atoms with Gasteiger partial charge in [0.25, 0.3) is 11.9 Å². The van der Waals surface area contributed by atoms with Crippen LogP contribution < -0.4 is 5.32 Å². The molecule has 1 aliphatic heterocycles. The third kappa shape index (κ3) is 4.33. The number of amides is 1. The highest BCUT2D eigenvalue weighted by Crippen LogP contribution is 2.12. The van der Waals surface area contributed by atoms with Crippen LogP contribution in [0.4, 0.5) is 0 Å². The van der Waals surface area contributed by atoms with Crippen molar-refractivity contribution in [3.05, 3.63) is 22.4 Å². The normalized spacial score (nSPS) is 19.4. The van der Waals surface area contributed by atoms with Gasteiger partial charge in [-0.2, -0.15) is 0 Å². The molecule has 1 aromatic rings. The van der Waals surface area contributed by atoms with Gasteiger partial charge in [-0.25, -0.2) is 4.99 Å². The van der Waals surface area contributed by atoms with Crippen molar-refractivity contribution in [2.45, 2.75) is 25.9 Å². The van der Waals surface area contributed by atoms with Gasteiger partial charge < -0.3 is 9.47 Å².